The van der Waals surface area contributed by atoms with Crippen LogP contribution in [0.2, 0.25) is 0 Å². The highest BCUT2D eigenvalue weighted by atomic mass is 79.9. The summed E-state index contributed by atoms with van der Waals surface area (Å²) in [5.74, 6) is -0.108. The number of carbonyl (C=O) groups is 2. The van der Waals surface area contributed by atoms with Crippen LogP contribution in [0.5, 0.6) is 0 Å². The van der Waals surface area contributed by atoms with E-state index in [2.05, 4.69) is 15.9 Å². The van der Waals surface area contributed by atoms with Gasteiger partial charge in [-0.05, 0) is 40.9 Å². The van der Waals surface area contributed by atoms with Gasteiger partial charge in [0.1, 0.15) is 6.54 Å². The minimum atomic E-state index is -0.126. The number of likely N-dealkylation sites (tertiary alicyclic amines) is 1. The molecule has 1 aromatic carbocycles. The number of anilines is 1. The van der Waals surface area contributed by atoms with Crippen LogP contribution in [-0.2, 0) is 9.59 Å². The molecular weight excluding hydrogens is 308 g/mol. The molecule has 1 aliphatic heterocycles. The van der Waals surface area contributed by atoms with Crippen molar-refractivity contribution in [3.8, 4) is 0 Å². The molecule has 1 aromatic rings. The van der Waals surface area contributed by atoms with Gasteiger partial charge >= 0.3 is 0 Å². The van der Waals surface area contributed by atoms with Crippen molar-refractivity contribution in [1.29, 1.82) is 0 Å². The average Bonchev–Trinajstić information content (AvgIpc) is 2.90. The second-order valence-corrected chi connectivity index (χ2v) is 5.50. The predicted octanol–water partition coefficient (Wildman–Crippen LogP) is 2.42. The zero-order valence-electron chi connectivity index (χ0n) is 10.9. The third-order valence-electron chi connectivity index (χ3n) is 3.28. The van der Waals surface area contributed by atoms with Crippen LogP contribution < -0.4 is 4.90 Å². The standard InChI is InChI=1S/C14H17BrN2O2/c1-11(18)17(13-7-3-2-6-12(13)15)10-14(19)16-8-4-5-9-16/h2-3,6-7H,4-5,8-10H2,1H3. The maximum atomic E-state index is 12.2. The third-order valence-corrected chi connectivity index (χ3v) is 3.95. The Bertz CT molecular complexity index is 484. The van der Waals surface area contributed by atoms with E-state index in [-0.39, 0.29) is 18.4 Å². The SMILES string of the molecule is CC(=O)N(CC(=O)N1CCCC1)c1ccccc1Br. The molecule has 19 heavy (non-hydrogen) atoms. The summed E-state index contributed by atoms with van der Waals surface area (Å²) in [6.07, 6.45) is 2.11. The van der Waals surface area contributed by atoms with Crippen LogP contribution in [0.25, 0.3) is 0 Å². The van der Waals surface area contributed by atoms with Crippen molar-refractivity contribution >= 4 is 33.4 Å². The van der Waals surface area contributed by atoms with Crippen LogP contribution in [0, 0.1) is 0 Å². The number of carbonyl (C=O) groups excluding carboxylic acids is 2. The fourth-order valence-corrected chi connectivity index (χ4v) is 2.74. The minimum Gasteiger partial charge on any atom is -0.341 e. The van der Waals surface area contributed by atoms with Crippen molar-refractivity contribution in [1.82, 2.24) is 4.90 Å². The molecule has 1 fully saturated rings. The summed E-state index contributed by atoms with van der Waals surface area (Å²) in [6.45, 7) is 3.20. The molecule has 0 spiro atoms. The molecule has 5 heteroatoms. The first kappa shape index (κ1) is 14.1. The Morgan fingerprint density at radius 3 is 2.47 bits per heavy atom. The van der Waals surface area contributed by atoms with Gasteiger partial charge in [0.05, 0.1) is 5.69 Å². The summed E-state index contributed by atoms with van der Waals surface area (Å²) in [6, 6.07) is 7.44. The zero-order valence-corrected chi connectivity index (χ0v) is 12.5. The molecule has 2 amide bonds. The average molecular weight is 325 g/mol. The second-order valence-electron chi connectivity index (χ2n) is 4.64. The van der Waals surface area contributed by atoms with Gasteiger partial charge in [-0.15, -0.1) is 0 Å². The summed E-state index contributed by atoms with van der Waals surface area (Å²) in [4.78, 5) is 27.3. The van der Waals surface area contributed by atoms with Crippen LogP contribution >= 0.6 is 15.9 Å². The van der Waals surface area contributed by atoms with Crippen molar-refractivity contribution in [3.63, 3.8) is 0 Å². The Hall–Kier alpha value is -1.36. The van der Waals surface area contributed by atoms with Gasteiger partial charge in [-0.2, -0.15) is 0 Å². The van der Waals surface area contributed by atoms with Gasteiger partial charge in [0.15, 0.2) is 0 Å². The van der Waals surface area contributed by atoms with Gasteiger partial charge in [0, 0.05) is 24.5 Å². The van der Waals surface area contributed by atoms with E-state index in [1.54, 1.807) is 0 Å². The fraction of sp³-hybridized carbons (Fsp3) is 0.429. The molecule has 0 N–H and O–H groups in total. The number of hydrogen-bond donors (Lipinski definition) is 0. The first-order valence-corrected chi connectivity index (χ1v) is 7.19. The molecule has 0 saturated carbocycles. The second kappa shape index (κ2) is 6.19. The molecule has 1 saturated heterocycles. The van der Waals surface area contributed by atoms with Crippen LogP contribution in [-0.4, -0.2) is 36.3 Å². The maximum absolute atomic E-state index is 12.2. The van der Waals surface area contributed by atoms with Crippen molar-refractivity contribution < 1.29 is 9.59 Å². The number of rotatable bonds is 3. The highest BCUT2D eigenvalue weighted by Crippen LogP contribution is 2.26. The van der Waals surface area contributed by atoms with E-state index in [4.69, 9.17) is 0 Å². The van der Waals surface area contributed by atoms with Gasteiger partial charge in [-0.25, -0.2) is 0 Å². The van der Waals surface area contributed by atoms with Crippen molar-refractivity contribution in [2.45, 2.75) is 19.8 Å². The number of halogens is 1. The lowest BCUT2D eigenvalue weighted by atomic mass is 10.2. The number of amides is 2. The van der Waals surface area contributed by atoms with Gasteiger partial charge in [-0.3, -0.25) is 9.59 Å². The quantitative estimate of drug-likeness (QED) is 0.856. The summed E-state index contributed by atoms with van der Waals surface area (Å²) >= 11 is 3.42. The molecule has 0 aromatic heterocycles. The highest BCUT2D eigenvalue weighted by Gasteiger charge is 2.23. The van der Waals surface area contributed by atoms with Crippen LogP contribution in [0.4, 0.5) is 5.69 Å². The molecule has 1 heterocycles. The topological polar surface area (TPSA) is 40.6 Å². The molecule has 102 valence electrons. The Labute approximate surface area is 121 Å². The molecular formula is C14H17BrN2O2. The highest BCUT2D eigenvalue weighted by molar-refractivity contribution is 9.10. The largest absolute Gasteiger partial charge is 0.341 e. The van der Waals surface area contributed by atoms with E-state index in [0.29, 0.717) is 0 Å². The normalized spacial score (nSPS) is 14.5. The Balaban J connectivity index is 2.15. The number of hydrogen-bond acceptors (Lipinski definition) is 2. The Morgan fingerprint density at radius 2 is 1.89 bits per heavy atom. The first-order chi connectivity index (χ1) is 9.09. The number of benzene rings is 1. The van der Waals surface area contributed by atoms with E-state index in [9.17, 15) is 9.59 Å². The van der Waals surface area contributed by atoms with E-state index in [1.165, 1.54) is 11.8 Å². The maximum Gasteiger partial charge on any atom is 0.242 e. The molecule has 0 unspecified atom stereocenters. The molecule has 0 aliphatic carbocycles. The van der Waals surface area contributed by atoms with Crippen molar-refractivity contribution in [3.05, 3.63) is 28.7 Å². The zero-order chi connectivity index (χ0) is 13.8. The Kier molecular flexibility index (Phi) is 4.58. The van der Waals surface area contributed by atoms with Crippen LogP contribution in [0.3, 0.4) is 0 Å². The third kappa shape index (κ3) is 3.35. The fourth-order valence-electron chi connectivity index (χ4n) is 2.24. The molecule has 2 rings (SSSR count). The van der Waals surface area contributed by atoms with Crippen molar-refractivity contribution in [2.75, 3.05) is 24.5 Å². The molecule has 4 nitrogen and oxygen atoms in total. The van der Waals surface area contributed by atoms with E-state index < -0.39 is 0 Å². The minimum absolute atomic E-state index is 0.0171. The van der Waals surface area contributed by atoms with Crippen molar-refractivity contribution in [2.24, 2.45) is 0 Å². The predicted molar refractivity (Wildman–Crippen MR) is 78.0 cm³/mol. The summed E-state index contributed by atoms with van der Waals surface area (Å²) in [7, 11) is 0. The van der Waals surface area contributed by atoms with Gasteiger partial charge < -0.3 is 9.80 Å². The lowest BCUT2D eigenvalue weighted by Gasteiger charge is -2.24. The lowest BCUT2D eigenvalue weighted by Crippen LogP contribution is -2.41. The molecule has 1 aliphatic rings. The summed E-state index contributed by atoms with van der Waals surface area (Å²) in [5.41, 5.74) is 0.738. The molecule has 0 atom stereocenters. The van der Waals surface area contributed by atoms with Gasteiger partial charge in [0.25, 0.3) is 0 Å². The Morgan fingerprint density at radius 1 is 1.26 bits per heavy atom. The van der Waals surface area contributed by atoms with Crippen LogP contribution in [0.15, 0.2) is 28.7 Å². The molecule has 0 bridgehead atoms. The molecule has 0 radical (unpaired) electrons. The lowest BCUT2D eigenvalue weighted by molar-refractivity contribution is -0.130. The summed E-state index contributed by atoms with van der Waals surface area (Å²) < 4.78 is 0.819. The van der Waals surface area contributed by atoms with Crippen LogP contribution in [0.1, 0.15) is 19.8 Å². The van der Waals surface area contributed by atoms with E-state index in [1.807, 2.05) is 29.2 Å². The van der Waals surface area contributed by atoms with Gasteiger partial charge in [-0.1, -0.05) is 12.1 Å². The van der Waals surface area contributed by atoms with Gasteiger partial charge in [0.2, 0.25) is 11.8 Å². The smallest absolute Gasteiger partial charge is 0.242 e. The van der Waals surface area contributed by atoms with E-state index >= 15 is 0 Å². The monoisotopic (exact) mass is 324 g/mol. The first-order valence-electron chi connectivity index (χ1n) is 6.40. The van der Waals surface area contributed by atoms with E-state index in [0.717, 1.165) is 36.1 Å². The number of nitrogens with zero attached hydrogens (tertiary/aromatic N) is 2. The number of para-hydroxylation sites is 1. The summed E-state index contributed by atoms with van der Waals surface area (Å²) in [5, 5.41) is 0.